The average molecular weight is 417 g/mol. The Hall–Kier alpha value is -2.62. The zero-order valence-electron chi connectivity index (χ0n) is 15.3. The van der Waals surface area contributed by atoms with E-state index in [2.05, 4.69) is 15.5 Å². The Morgan fingerprint density at radius 2 is 1.68 bits per heavy atom. The highest BCUT2D eigenvalue weighted by atomic mass is 32.2. The average Bonchev–Trinajstić information content (AvgIpc) is 3.16. The van der Waals surface area contributed by atoms with E-state index in [-0.39, 0.29) is 18.0 Å². The lowest BCUT2D eigenvalue weighted by atomic mass is 10.2. The Morgan fingerprint density at radius 3 is 2.29 bits per heavy atom. The van der Waals surface area contributed by atoms with Gasteiger partial charge < -0.3 is 0 Å². The van der Waals surface area contributed by atoms with Crippen molar-refractivity contribution in [1.82, 2.24) is 14.5 Å². The van der Waals surface area contributed by atoms with Crippen LogP contribution in [0.2, 0.25) is 0 Å². The quantitative estimate of drug-likeness (QED) is 0.609. The summed E-state index contributed by atoms with van der Waals surface area (Å²) in [7, 11) is -3.85. The maximum absolute atomic E-state index is 13.1. The van der Waals surface area contributed by atoms with Crippen molar-refractivity contribution in [2.75, 3.05) is 11.9 Å². The summed E-state index contributed by atoms with van der Waals surface area (Å²) in [6.07, 6.45) is 0.718. The number of anilines is 1. The molecule has 0 saturated carbocycles. The number of amides is 1. The molecule has 0 aliphatic carbocycles. The van der Waals surface area contributed by atoms with E-state index in [0.717, 1.165) is 21.3 Å². The lowest BCUT2D eigenvalue weighted by molar-refractivity contribution is -0.116. The van der Waals surface area contributed by atoms with Gasteiger partial charge in [0.2, 0.25) is 21.1 Å². The third-order valence-corrected chi connectivity index (χ3v) is 6.71. The van der Waals surface area contributed by atoms with Crippen molar-refractivity contribution in [1.29, 1.82) is 0 Å². The maximum atomic E-state index is 13.1. The Kier molecular flexibility index (Phi) is 6.50. The van der Waals surface area contributed by atoms with E-state index in [1.165, 1.54) is 23.5 Å². The topological polar surface area (TPSA) is 92.3 Å². The van der Waals surface area contributed by atoms with Crippen LogP contribution in [0.25, 0.3) is 0 Å². The van der Waals surface area contributed by atoms with Gasteiger partial charge in [-0.15, -0.1) is 10.2 Å². The largest absolute Gasteiger partial charge is 0.299 e. The molecule has 0 radical (unpaired) electrons. The maximum Gasteiger partial charge on any atom is 0.243 e. The van der Waals surface area contributed by atoms with Gasteiger partial charge in [-0.3, -0.25) is 10.1 Å². The smallest absolute Gasteiger partial charge is 0.243 e. The van der Waals surface area contributed by atoms with Crippen molar-refractivity contribution in [2.24, 2.45) is 0 Å². The highest BCUT2D eigenvalue weighted by Gasteiger charge is 2.27. The number of benzene rings is 2. The highest BCUT2D eigenvalue weighted by molar-refractivity contribution is 7.89. The van der Waals surface area contributed by atoms with Crippen molar-refractivity contribution < 1.29 is 13.2 Å². The third kappa shape index (κ3) is 5.00. The number of sulfonamides is 1. The zero-order valence-corrected chi connectivity index (χ0v) is 16.9. The molecule has 1 N–H and O–H groups in total. The molecule has 2 aromatic carbocycles. The molecule has 1 amide bonds. The predicted octanol–water partition coefficient (Wildman–Crippen LogP) is 2.93. The fraction of sp³-hybridized carbons (Fsp3) is 0.211. The molecule has 1 heterocycles. The Bertz CT molecular complexity index is 1020. The molecule has 28 heavy (non-hydrogen) atoms. The van der Waals surface area contributed by atoms with Gasteiger partial charge in [0.05, 0.1) is 11.4 Å². The third-order valence-electron chi connectivity index (χ3n) is 3.92. The van der Waals surface area contributed by atoms with Gasteiger partial charge >= 0.3 is 0 Å². The standard InChI is InChI=1S/C19H20N4O3S2/c1-2-18-21-22-19(27-18)20-17(24)14-23(13-15-9-5-3-6-10-15)28(25,26)16-11-7-4-8-12-16/h3-12H,2,13-14H2,1H3,(H,20,22,24). The summed E-state index contributed by atoms with van der Waals surface area (Å²) < 4.78 is 27.4. The fourth-order valence-electron chi connectivity index (χ4n) is 2.52. The first-order valence-electron chi connectivity index (χ1n) is 8.70. The second-order valence-corrected chi connectivity index (χ2v) is 8.97. The fourth-order valence-corrected chi connectivity index (χ4v) is 4.62. The van der Waals surface area contributed by atoms with Gasteiger partial charge in [-0.1, -0.05) is 66.8 Å². The Morgan fingerprint density at radius 1 is 1.04 bits per heavy atom. The molecule has 0 aliphatic heterocycles. The van der Waals surface area contributed by atoms with E-state index in [1.807, 2.05) is 37.3 Å². The Balaban J connectivity index is 1.82. The van der Waals surface area contributed by atoms with Crippen LogP contribution in [-0.2, 0) is 27.8 Å². The van der Waals surface area contributed by atoms with Crippen LogP contribution in [-0.4, -0.2) is 35.4 Å². The van der Waals surface area contributed by atoms with Crippen LogP contribution in [0.3, 0.4) is 0 Å². The molecule has 0 atom stereocenters. The van der Waals surface area contributed by atoms with Crippen molar-refractivity contribution in [3.05, 3.63) is 71.2 Å². The van der Waals surface area contributed by atoms with Crippen molar-refractivity contribution in [3.8, 4) is 0 Å². The van der Waals surface area contributed by atoms with E-state index < -0.39 is 15.9 Å². The minimum atomic E-state index is -3.85. The van der Waals surface area contributed by atoms with Gasteiger partial charge in [-0.25, -0.2) is 8.42 Å². The first kappa shape index (κ1) is 20.1. The Labute approximate surface area is 168 Å². The van der Waals surface area contributed by atoms with Crippen LogP contribution in [0.15, 0.2) is 65.6 Å². The van der Waals surface area contributed by atoms with Crippen LogP contribution < -0.4 is 5.32 Å². The molecule has 0 saturated heterocycles. The minimum Gasteiger partial charge on any atom is -0.299 e. The number of nitrogens with one attached hydrogen (secondary N) is 1. The lowest BCUT2D eigenvalue weighted by Crippen LogP contribution is -2.37. The summed E-state index contributed by atoms with van der Waals surface area (Å²) in [6.45, 7) is 1.70. The normalized spacial score (nSPS) is 11.5. The summed E-state index contributed by atoms with van der Waals surface area (Å²) in [5, 5.41) is 11.7. The summed E-state index contributed by atoms with van der Waals surface area (Å²) in [6, 6.07) is 17.2. The van der Waals surface area contributed by atoms with Crippen molar-refractivity contribution >= 4 is 32.4 Å². The molecular formula is C19H20N4O3S2. The number of carbonyl (C=O) groups is 1. The molecule has 3 aromatic rings. The number of rotatable bonds is 8. The van der Waals surface area contributed by atoms with Gasteiger partial charge in [0.25, 0.3) is 0 Å². The summed E-state index contributed by atoms with van der Waals surface area (Å²) in [5.74, 6) is -0.464. The first-order valence-corrected chi connectivity index (χ1v) is 11.0. The first-order chi connectivity index (χ1) is 13.5. The molecule has 0 spiro atoms. The number of nitrogens with zero attached hydrogens (tertiary/aromatic N) is 3. The van der Waals surface area contributed by atoms with E-state index in [1.54, 1.807) is 18.2 Å². The van der Waals surface area contributed by atoms with E-state index in [0.29, 0.717) is 5.13 Å². The van der Waals surface area contributed by atoms with Crippen LogP contribution in [0.1, 0.15) is 17.5 Å². The molecule has 3 rings (SSSR count). The predicted molar refractivity (Wildman–Crippen MR) is 108 cm³/mol. The molecule has 0 bridgehead atoms. The van der Waals surface area contributed by atoms with Crippen LogP contribution in [0.5, 0.6) is 0 Å². The highest BCUT2D eigenvalue weighted by Crippen LogP contribution is 2.19. The number of hydrogen-bond acceptors (Lipinski definition) is 6. The minimum absolute atomic E-state index is 0.0851. The van der Waals surface area contributed by atoms with Gasteiger partial charge in [-0.2, -0.15) is 4.31 Å². The van der Waals surface area contributed by atoms with Gasteiger partial charge in [0.15, 0.2) is 0 Å². The molecule has 0 fully saturated rings. The summed E-state index contributed by atoms with van der Waals surface area (Å²) in [4.78, 5) is 12.7. The molecule has 7 nitrogen and oxygen atoms in total. The van der Waals surface area contributed by atoms with E-state index >= 15 is 0 Å². The van der Waals surface area contributed by atoms with Crippen LogP contribution in [0.4, 0.5) is 5.13 Å². The van der Waals surface area contributed by atoms with Crippen LogP contribution in [0, 0.1) is 0 Å². The van der Waals surface area contributed by atoms with Crippen molar-refractivity contribution in [2.45, 2.75) is 24.8 Å². The zero-order chi connectivity index (χ0) is 20.0. The van der Waals surface area contributed by atoms with E-state index in [4.69, 9.17) is 0 Å². The lowest BCUT2D eigenvalue weighted by Gasteiger charge is -2.21. The molecular weight excluding hydrogens is 396 g/mol. The summed E-state index contributed by atoms with van der Waals surface area (Å²) >= 11 is 1.27. The number of aryl methyl sites for hydroxylation is 1. The number of aromatic nitrogens is 2. The van der Waals surface area contributed by atoms with E-state index in [9.17, 15) is 13.2 Å². The van der Waals surface area contributed by atoms with Gasteiger partial charge in [0.1, 0.15) is 5.01 Å². The summed E-state index contributed by atoms with van der Waals surface area (Å²) in [5.41, 5.74) is 0.791. The molecule has 1 aromatic heterocycles. The molecule has 0 aliphatic rings. The molecule has 146 valence electrons. The van der Waals surface area contributed by atoms with Crippen molar-refractivity contribution in [3.63, 3.8) is 0 Å². The van der Waals surface area contributed by atoms with Gasteiger partial charge in [0, 0.05) is 6.54 Å². The molecule has 0 unspecified atom stereocenters. The molecule has 9 heteroatoms. The monoisotopic (exact) mass is 416 g/mol. The number of hydrogen-bond donors (Lipinski definition) is 1. The SMILES string of the molecule is CCc1nnc(NC(=O)CN(Cc2ccccc2)S(=O)(=O)c2ccccc2)s1. The second-order valence-electron chi connectivity index (χ2n) is 5.97. The second kappa shape index (κ2) is 9.05. The van der Waals surface area contributed by atoms with Crippen LogP contribution >= 0.6 is 11.3 Å². The number of carbonyl (C=O) groups excluding carboxylic acids is 1. The van der Waals surface area contributed by atoms with Gasteiger partial charge in [-0.05, 0) is 24.1 Å².